The van der Waals surface area contributed by atoms with Crippen molar-refractivity contribution < 1.29 is 19.1 Å². The van der Waals surface area contributed by atoms with E-state index in [0.29, 0.717) is 0 Å². The Kier molecular flexibility index (Phi) is 6.36. The van der Waals surface area contributed by atoms with Crippen molar-refractivity contribution in [1.29, 1.82) is 0 Å². The van der Waals surface area contributed by atoms with Crippen LogP contribution >= 0.6 is 0 Å². The minimum absolute atomic E-state index is 0.132. The predicted octanol–water partition coefficient (Wildman–Crippen LogP) is 0.359. The fourth-order valence-corrected chi connectivity index (χ4v) is 1.11. The molecule has 2 amide bonds. The average molecular weight is 258 g/mol. The van der Waals surface area contributed by atoms with Crippen molar-refractivity contribution in [3.63, 3.8) is 0 Å². The van der Waals surface area contributed by atoms with Crippen molar-refractivity contribution in [3.05, 3.63) is 0 Å². The van der Waals surface area contributed by atoms with Crippen LogP contribution in [0.2, 0.25) is 0 Å². The predicted molar refractivity (Wildman–Crippen MR) is 66.8 cm³/mol. The molecule has 0 aromatic rings. The van der Waals surface area contributed by atoms with Gasteiger partial charge in [0.2, 0.25) is 11.8 Å². The van der Waals surface area contributed by atoms with Crippen LogP contribution in [0.15, 0.2) is 0 Å². The van der Waals surface area contributed by atoms with E-state index >= 15 is 0 Å². The summed E-state index contributed by atoms with van der Waals surface area (Å²) in [7, 11) is 0. The van der Waals surface area contributed by atoms with E-state index in [-0.39, 0.29) is 24.8 Å². The number of carbonyl (C=O) groups is 3. The fourth-order valence-electron chi connectivity index (χ4n) is 1.11. The third-order valence-corrected chi connectivity index (χ3v) is 1.86. The van der Waals surface area contributed by atoms with Crippen LogP contribution in [-0.2, 0) is 19.1 Å². The molecule has 0 saturated carbocycles. The summed E-state index contributed by atoms with van der Waals surface area (Å²) in [5.74, 6) is -0.972. The molecule has 0 radical (unpaired) electrons. The Morgan fingerprint density at radius 2 is 1.78 bits per heavy atom. The summed E-state index contributed by atoms with van der Waals surface area (Å²) in [4.78, 5) is 33.6. The molecule has 0 saturated heterocycles. The van der Waals surface area contributed by atoms with E-state index in [1.165, 1.54) is 6.92 Å². The highest BCUT2D eigenvalue weighted by Crippen LogP contribution is 2.08. The molecule has 0 fully saturated rings. The Bertz CT molecular complexity index is 321. The van der Waals surface area contributed by atoms with Crippen molar-refractivity contribution in [2.24, 2.45) is 0 Å². The highest BCUT2D eigenvalue weighted by molar-refractivity contribution is 5.84. The first-order chi connectivity index (χ1) is 8.11. The number of rotatable bonds is 5. The van der Waals surface area contributed by atoms with Crippen molar-refractivity contribution in [2.75, 3.05) is 6.54 Å². The number of carbonyl (C=O) groups excluding carboxylic acids is 3. The van der Waals surface area contributed by atoms with Gasteiger partial charge in [-0.05, 0) is 27.7 Å². The maximum absolute atomic E-state index is 11.6. The van der Waals surface area contributed by atoms with Gasteiger partial charge in [-0.15, -0.1) is 0 Å². The molecule has 104 valence electrons. The lowest BCUT2D eigenvalue weighted by atomic mass is 10.2. The second-order valence-corrected chi connectivity index (χ2v) is 5.06. The van der Waals surface area contributed by atoms with Crippen molar-refractivity contribution in [3.8, 4) is 0 Å². The number of amides is 2. The van der Waals surface area contributed by atoms with Crippen LogP contribution in [-0.4, -0.2) is 36.0 Å². The molecule has 0 unspecified atom stereocenters. The smallest absolute Gasteiger partial charge is 0.328 e. The molecule has 0 aliphatic rings. The Labute approximate surface area is 107 Å². The van der Waals surface area contributed by atoms with Gasteiger partial charge >= 0.3 is 5.97 Å². The summed E-state index contributed by atoms with van der Waals surface area (Å²) in [6, 6.07) is -0.700. The van der Waals surface area contributed by atoms with E-state index in [4.69, 9.17) is 4.74 Å². The van der Waals surface area contributed by atoms with Gasteiger partial charge in [-0.1, -0.05) is 0 Å². The first-order valence-corrected chi connectivity index (χ1v) is 5.88. The summed E-state index contributed by atoms with van der Waals surface area (Å²) in [6.07, 6.45) is 0.132. The van der Waals surface area contributed by atoms with Crippen LogP contribution < -0.4 is 10.6 Å². The van der Waals surface area contributed by atoms with Crippen molar-refractivity contribution >= 4 is 17.8 Å². The summed E-state index contributed by atoms with van der Waals surface area (Å²) in [5.41, 5.74) is -0.577. The molecular weight excluding hydrogens is 236 g/mol. The highest BCUT2D eigenvalue weighted by atomic mass is 16.6. The van der Waals surface area contributed by atoms with Gasteiger partial charge in [0.1, 0.15) is 11.6 Å². The van der Waals surface area contributed by atoms with Crippen molar-refractivity contribution in [1.82, 2.24) is 10.6 Å². The second-order valence-electron chi connectivity index (χ2n) is 5.06. The van der Waals surface area contributed by atoms with E-state index in [9.17, 15) is 14.4 Å². The third-order valence-electron chi connectivity index (χ3n) is 1.86. The molecule has 0 rings (SSSR count). The van der Waals surface area contributed by atoms with Crippen LogP contribution in [0.5, 0.6) is 0 Å². The second kappa shape index (κ2) is 6.98. The maximum atomic E-state index is 11.6. The van der Waals surface area contributed by atoms with Gasteiger partial charge in [-0.2, -0.15) is 0 Å². The molecule has 18 heavy (non-hydrogen) atoms. The minimum atomic E-state index is -0.700. The highest BCUT2D eigenvalue weighted by Gasteiger charge is 2.22. The van der Waals surface area contributed by atoms with E-state index < -0.39 is 17.6 Å². The monoisotopic (exact) mass is 258 g/mol. The first-order valence-electron chi connectivity index (χ1n) is 5.88. The number of hydrogen-bond donors (Lipinski definition) is 2. The SMILES string of the molecule is CC(=O)NCCC(=O)N[C@@H](C)C(=O)OC(C)(C)C. The standard InChI is InChI=1S/C12H22N2O4/c1-8(11(17)18-12(3,4)5)14-10(16)6-7-13-9(2)15/h8H,6-7H2,1-5H3,(H,13,15)(H,14,16)/t8-/m0/s1. The average Bonchev–Trinajstić information content (AvgIpc) is 2.13. The van der Waals surface area contributed by atoms with E-state index in [2.05, 4.69) is 10.6 Å². The van der Waals surface area contributed by atoms with Crippen LogP contribution in [0.4, 0.5) is 0 Å². The minimum Gasteiger partial charge on any atom is -0.458 e. The molecule has 0 bridgehead atoms. The molecule has 0 aromatic carbocycles. The lowest BCUT2D eigenvalue weighted by Gasteiger charge is -2.22. The third kappa shape index (κ3) is 8.55. The van der Waals surface area contributed by atoms with E-state index in [1.54, 1.807) is 27.7 Å². The van der Waals surface area contributed by atoms with Crippen molar-refractivity contribution in [2.45, 2.75) is 52.7 Å². The van der Waals surface area contributed by atoms with Gasteiger partial charge in [-0.25, -0.2) is 4.79 Å². The van der Waals surface area contributed by atoms with Crippen LogP contribution in [0.25, 0.3) is 0 Å². The molecule has 0 aromatic heterocycles. The Hall–Kier alpha value is -1.59. The topological polar surface area (TPSA) is 84.5 Å². The fraction of sp³-hybridized carbons (Fsp3) is 0.750. The lowest BCUT2D eigenvalue weighted by molar-refractivity contribution is -0.158. The zero-order valence-electron chi connectivity index (χ0n) is 11.6. The largest absolute Gasteiger partial charge is 0.458 e. The first kappa shape index (κ1) is 16.4. The van der Waals surface area contributed by atoms with Gasteiger partial charge in [-0.3, -0.25) is 9.59 Å². The maximum Gasteiger partial charge on any atom is 0.328 e. The molecule has 0 heterocycles. The van der Waals surface area contributed by atoms with Gasteiger partial charge < -0.3 is 15.4 Å². The van der Waals surface area contributed by atoms with E-state index in [0.717, 1.165) is 0 Å². The Morgan fingerprint density at radius 3 is 2.22 bits per heavy atom. The normalized spacial score (nSPS) is 12.5. The molecule has 1 atom stereocenters. The number of ether oxygens (including phenoxy) is 1. The molecule has 6 heteroatoms. The Morgan fingerprint density at radius 1 is 1.22 bits per heavy atom. The summed E-state index contributed by atoms with van der Waals surface area (Å²) in [6.45, 7) is 8.47. The number of hydrogen-bond acceptors (Lipinski definition) is 4. The van der Waals surface area contributed by atoms with Gasteiger partial charge in [0.05, 0.1) is 0 Å². The Balaban J connectivity index is 4.00. The lowest BCUT2D eigenvalue weighted by Crippen LogP contribution is -2.43. The molecular formula is C12H22N2O4. The number of esters is 1. The van der Waals surface area contributed by atoms with Gasteiger partial charge in [0, 0.05) is 19.9 Å². The quantitative estimate of drug-likeness (QED) is 0.697. The molecule has 2 N–H and O–H groups in total. The summed E-state index contributed by atoms with van der Waals surface area (Å²) >= 11 is 0. The molecule has 0 spiro atoms. The van der Waals surface area contributed by atoms with E-state index in [1.807, 2.05) is 0 Å². The van der Waals surface area contributed by atoms with Gasteiger partial charge in [0.25, 0.3) is 0 Å². The van der Waals surface area contributed by atoms with Crippen LogP contribution in [0.1, 0.15) is 41.0 Å². The molecule has 0 aliphatic carbocycles. The summed E-state index contributed by atoms with van der Waals surface area (Å²) < 4.78 is 5.12. The van der Waals surface area contributed by atoms with Gasteiger partial charge in [0.15, 0.2) is 0 Å². The zero-order chi connectivity index (χ0) is 14.3. The van der Waals surface area contributed by atoms with Crippen LogP contribution in [0.3, 0.4) is 0 Å². The molecule has 6 nitrogen and oxygen atoms in total. The molecule has 0 aliphatic heterocycles. The number of nitrogens with one attached hydrogen (secondary N) is 2. The van der Waals surface area contributed by atoms with Crippen LogP contribution in [0, 0.1) is 0 Å². The zero-order valence-corrected chi connectivity index (χ0v) is 11.6. The summed E-state index contributed by atoms with van der Waals surface area (Å²) in [5, 5.41) is 5.01.